The van der Waals surface area contributed by atoms with Crippen LogP contribution in [0.2, 0.25) is 0 Å². The number of amides is 1. The van der Waals surface area contributed by atoms with Crippen LogP contribution in [0, 0.1) is 20.8 Å². The highest BCUT2D eigenvalue weighted by molar-refractivity contribution is 5.96. The molecule has 0 saturated carbocycles. The van der Waals surface area contributed by atoms with Crippen molar-refractivity contribution < 1.29 is 4.79 Å². The molecule has 0 unspecified atom stereocenters. The molecule has 0 aromatic heterocycles. The van der Waals surface area contributed by atoms with E-state index >= 15 is 0 Å². The van der Waals surface area contributed by atoms with E-state index in [-0.39, 0.29) is 5.91 Å². The van der Waals surface area contributed by atoms with Gasteiger partial charge in [-0.25, -0.2) is 0 Å². The largest absolute Gasteiger partial charge is 0.339 e. The predicted octanol–water partition coefficient (Wildman–Crippen LogP) is 3.09. The second-order valence-electron chi connectivity index (χ2n) is 4.23. The molecule has 1 aromatic rings. The lowest BCUT2D eigenvalue weighted by atomic mass is 10.00. The normalized spacial score (nSPS) is 10.3. The highest BCUT2D eigenvalue weighted by atomic mass is 16.2. The molecule has 0 atom stereocenters. The summed E-state index contributed by atoms with van der Waals surface area (Å²) in [5.74, 6) is 0.144. The van der Waals surface area contributed by atoms with Crippen LogP contribution in [-0.4, -0.2) is 23.9 Å². The quantitative estimate of drug-likeness (QED) is 0.765. The Morgan fingerprint density at radius 2 is 1.50 bits per heavy atom. The van der Waals surface area contributed by atoms with Gasteiger partial charge in [0.2, 0.25) is 0 Å². The maximum Gasteiger partial charge on any atom is 0.254 e. The standard InChI is InChI=1S/C14H21NO/c1-6-15(7-2)14(16)13-9-11(4)10(3)8-12(13)5/h8-9H,6-7H2,1-5H3. The lowest BCUT2D eigenvalue weighted by Crippen LogP contribution is -2.31. The number of benzene rings is 1. The summed E-state index contributed by atoms with van der Waals surface area (Å²) in [5, 5.41) is 0. The van der Waals surface area contributed by atoms with E-state index in [1.54, 1.807) is 0 Å². The van der Waals surface area contributed by atoms with Crippen LogP contribution in [0.25, 0.3) is 0 Å². The lowest BCUT2D eigenvalue weighted by molar-refractivity contribution is 0.0772. The van der Waals surface area contributed by atoms with Gasteiger partial charge < -0.3 is 4.90 Å². The van der Waals surface area contributed by atoms with Crippen LogP contribution in [0.1, 0.15) is 40.9 Å². The Labute approximate surface area is 98.3 Å². The number of aryl methyl sites for hydroxylation is 3. The van der Waals surface area contributed by atoms with Crippen LogP contribution in [0.4, 0.5) is 0 Å². The average molecular weight is 219 g/mol. The summed E-state index contributed by atoms with van der Waals surface area (Å²) in [5.41, 5.74) is 4.33. The van der Waals surface area contributed by atoms with Gasteiger partial charge in [0.05, 0.1) is 0 Å². The molecule has 2 heteroatoms. The first-order valence-corrected chi connectivity index (χ1v) is 5.88. The molecule has 2 nitrogen and oxygen atoms in total. The third kappa shape index (κ3) is 2.43. The van der Waals surface area contributed by atoms with E-state index in [4.69, 9.17) is 0 Å². The topological polar surface area (TPSA) is 20.3 Å². The van der Waals surface area contributed by atoms with Gasteiger partial charge in [0.1, 0.15) is 0 Å². The minimum absolute atomic E-state index is 0.144. The molecular formula is C14H21NO. The summed E-state index contributed by atoms with van der Waals surface area (Å²) in [7, 11) is 0. The Hall–Kier alpha value is -1.31. The van der Waals surface area contributed by atoms with Crippen molar-refractivity contribution in [3.05, 3.63) is 34.4 Å². The van der Waals surface area contributed by atoms with Crippen LogP contribution in [0.5, 0.6) is 0 Å². The fourth-order valence-corrected chi connectivity index (χ4v) is 1.87. The molecule has 1 aromatic carbocycles. The summed E-state index contributed by atoms with van der Waals surface area (Å²) in [4.78, 5) is 14.1. The number of nitrogens with zero attached hydrogens (tertiary/aromatic N) is 1. The number of rotatable bonds is 3. The summed E-state index contributed by atoms with van der Waals surface area (Å²) in [6.45, 7) is 11.7. The van der Waals surface area contributed by atoms with Crippen LogP contribution in [0.15, 0.2) is 12.1 Å². The Morgan fingerprint density at radius 1 is 1.00 bits per heavy atom. The zero-order valence-electron chi connectivity index (χ0n) is 10.9. The minimum Gasteiger partial charge on any atom is -0.339 e. The lowest BCUT2D eigenvalue weighted by Gasteiger charge is -2.20. The van der Waals surface area contributed by atoms with E-state index in [0.29, 0.717) is 0 Å². The molecule has 0 fully saturated rings. The molecule has 1 amide bonds. The first-order valence-electron chi connectivity index (χ1n) is 5.88. The average Bonchev–Trinajstić information content (AvgIpc) is 2.25. The number of hydrogen-bond donors (Lipinski definition) is 0. The van der Waals surface area contributed by atoms with Crippen molar-refractivity contribution in [3.8, 4) is 0 Å². The van der Waals surface area contributed by atoms with Gasteiger partial charge in [0.25, 0.3) is 5.91 Å². The summed E-state index contributed by atoms with van der Waals surface area (Å²) in [6, 6.07) is 4.09. The van der Waals surface area contributed by atoms with Gasteiger partial charge in [-0.1, -0.05) is 6.07 Å². The second kappa shape index (κ2) is 5.15. The van der Waals surface area contributed by atoms with Gasteiger partial charge >= 0.3 is 0 Å². The highest BCUT2D eigenvalue weighted by Crippen LogP contribution is 2.17. The number of carbonyl (C=O) groups is 1. The molecule has 0 bridgehead atoms. The molecule has 0 aliphatic rings. The van der Waals surface area contributed by atoms with Crippen LogP contribution in [0.3, 0.4) is 0 Å². The molecule has 0 saturated heterocycles. The van der Waals surface area contributed by atoms with Crippen LogP contribution in [-0.2, 0) is 0 Å². The summed E-state index contributed by atoms with van der Waals surface area (Å²) >= 11 is 0. The van der Waals surface area contributed by atoms with Crippen molar-refractivity contribution >= 4 is 5.91 Å². The van der Waals surface area contributed by atoms with Gasteiger partial charge in [-0.3, -0.25) is 4.79 Å². The zero-order valence-corrected chi connectivity index (χ0v) is 10.9. The van der Waals surface area contributed by atoms with E-state index in [1.165, 1.54) is 11.1 Å². The first kappa shape index (κ1) is 12.8. The van der Waals surface area contributed by atoms with Crippen molar-refractivity contribution in [3.63, 3.8) is 0 Å². The van der Waals surface area contributed by atoms with E-state index in [0.717, 1.165) is 24.2 Å². The van der Waals surface area contributed by atoms with Gasteiger partial charge in [0, 0.05) is 18.7 Å². The van der Waals surface area contributed by atoms with Crippen molar-refractivity contribution in [2.24, 2.45) is 0 Å². The predicted molar refractivity (Wildman–Crippen MR) is 67.9 cm³/mol. The fraction of sp³-hybridized carbons (Fsp3) is 0.500. The zero-order chi connectivity index (χ0) is 12.3. The third-order valence-electron chi connectivity index (χ3n) is 3.12. The number of carbonyl (C=O) groups excluding carboxylic acids is 1. The molecular weight excluding hydrogens is 198 g/mol. The third-order valence-corrected chi connectivity index (χ3v) is 3.12. The Kier molecular flexibility index (Phi) is 4.11. The molecule has 0 radical (unpaired) electrons. The van der Waals surface area contributed by atoms with E-state index in [1.807, 2.05) is 38.7 Å². The Balaban J connectivity index is 3.13. The molecule has 0 spiro atoms. The van der Waals surface area contributed by atoms with Crippen molar-refractivity contribution in [1.29, 1.82) is 0 Å². The molecule has 16 heavy (non-hydrogen) atoms. The molecule has 1 rings (SSSR count). The monoisotopic (exact) mass is 219 g/mol. The molecule has 88 valence electrons. The first-order chi connectivity index (χ1) is 7.51. The van der Waals surface area contributed by atoms with Crippen LogP contribution < -0.4 is 0 Å². The summed E-state index contributed by atoms with van der Waals surface area (Å²) in [6.07, 6.45) is 0. The van der Waals surface area contributed by atoms with Gasteiger partial charge in [-0.2, -0.15) is 0 Å². The van der Waals surface area contributed by atoms with Crippen molar-refractivity contribution in [2.45, 2.75) is 34.6 Å². The van der Waals surface area contributed by atoms with E-state index < -0.39 is 0 Å². The van der Waals surface area contributed by atoms with Crippen molar-refractivity contribution in [2.75, 3.05) is 13.1 Å². The molecule has 0 aliphatic heterocycles. The maximum atomic E-state index is 12.2. The van der Waals surface area contributed by atoms with Gasteiger partial charge in [0.15, 0.2) is 0 Å². The van der Waals surface area contributed by atoms with Crippen molar-refractivity contribution in [1.82, 2.24) is 4.90 Å². The minimum atomic E-state index is 0.144. The van der Waals surface area contributed by atoms with E-state index in [2.05, 4.69) is 13.0 Å². The second-order valence-corrected chi connectivity index (χ2v) is 4.23. The Bertz CT molecular complexity index is 392. The Morgan fingerprint density at radius 3 is 2.00 bits per heavy atom. The van der Waals surface area contributed by atoms with Crippen LogP contribution >= 0.6 is 0 Å². The highest BCUT2D eigenvalue weighted by Gasteiger charge is 2.15. The molecule has 0 aliphatic carbocycles. The fourth-order valence-electron chi connectivity index (χ4n) is 1.87. The maximum absolute atomic E-state index is 12.2. The molecule has 0 heterocycles. The van der Waals surface area contributed by atoms with E-state index in [9.17, 15) is 4.79 Å². The number of hydrogen-bond acceptors (Lipinski definition) is 1. The summed E-state index contributed by atoms with van der Waals surface area (Å²) < 4.78 is 0. The van der Waals surface area contributed by atoms with Gasteiger partial charge in [-0.05, 0) is 57.4 Å². The SMILES string of the molecule is CCN(CC)C(=O)c1cc(C)c(C)cc1C. The molecule has 0 N–H and O–H groups in total. The van der Waals surface area contributed by atoms with Gasteiger partial charge in [-0.15, -0.1) is 0 Å². The smallest absolute Gasteiger partial charge is 0.254 e.